The monoisotopic (exact) mass is 331 g/mol. The molecule has 0 aromatic heterocycles. The van der Waals surface area contributed by atoms with E-state index in [1.165, 1.54) is 25.9 Å². The van der Waals surface area contributed by atoms with Crippen molar-refractivity contribution in [3.8, 4) is 0 Å². The predicted octanol–water partition coefficient (Wildman–Crippen LogP) is 1.98. The SMILES string of the molecule is C[C@H](CNC(=O)c1ccc(N2CCOCC2)cc1)CN1CCCC1. The molecule has 0 radical (unpaired) electrons. The van der Waals surface area contributed by atoms with Gasteiger partial charge in [-0.15, -0.1) is 0 Å². The number of ether oxygens (including phenoxy) is 1. The lowest BCUT2D eigenvalue weighted by atomic mass is 10.1. The lowest BCUT2D eigenvalue weighted by Gasteiger charge is -2.28. The summed E-state index contributed by atoms with van der Waals surface area (Å²) in [6.45, 7) is 9.83. The van der Waals surface area contributed by atoms with Gasteiger partial charge in [0.1, 0.15) is 0 Å². The van der Waals surface area contributed by atoms with Crippen molar-refractivity contribution in [1.29, 1.82) is 0 Å². The van der Waals surface area contributed by atoms with Gasteiger partial charge in [0, 0.05) is 37.4 Å². The van der Waals surface area contributed by atoms with Crippen LogP contribution in [-0.2, 0) is 4.74 Å². The molecule has 1 N–H and O–H groups in total. The number of hydrogen-bond acceptors (Lipinski definition) is 4. The van der Waals surface area contributed by atoms with Crippen molar-refractivity contribution in [2.45, 2.75) is 19.8 Å². The highest BCUT2D eigenvalue weighted by molar-refractivity contribution is 5.94. The fourth-order valence-corrected chi connectivity index (χ4v) is 3.48. The minimum Gasteiger partial charge on any atom is -0.378 e. The molecule has 0 saturated carbocycles. The maximum absolute atomic E-state index is 12.3. The third-order valence-corrected chi connectivity index (χ3v) is 4.89. The largest absolute Gasteiger partial charge is 0.378 e. The second kappa shape index (κ2) is 8.49. The van der Waals surface area contributed by atoms with E-state index in [4.69, 9.17) is 4.74 Å². The molecule has 5 heteroatoms. The number of hydrogen-bond donors (Lipinski definition) is 1. The number of benzene rings is 1. The first kappa shape index (κ1) is 17.2. The molecule has 0 aliphatic carbocycles. The van der Waals surface area contributed by atoms with Crippen LogP contribution in [0.4, 0.5) is 5.69 Å². The summed E-state index contributed by atoms with van der Waals surface area (Å²) >= 11 is 0. The van der Waals surface area contributed by atoms with E-state index >= 15 is 0 Å². The topological polar surface area (TPSA) is 44.8 Å². The van der Waals surface area contributed by atoms with Crippen LogP contribution in [0.3, 0.4) is 0 Å². The van der Waals surface area contributed by atoms with E-state index in [0.29, 0.717) is 5.92 Å². The normalized spacial score (nSPS) is 20.1. The van der Waals surface area contributed by atoms with E-state index in [0.717, 1.165) is 50.6 Å². The van der Waals surface area contributed by atoms with E-state index in [2.05, 4.69) is 22.0 Å². The van der Waals surface area contributed by atoms with Gasteiger partial charge in [-0.05, 0) is 56.1 Å². The lowest BCUT2D eigenvalue weighted by molar-refractivity contribution is 0.0945. The second-order valence-corrected chi connectivity index (χ2v) is 6.97. The van der Waals surface area contributed by atoms with Gasteiger partial charge in [-0.3, -0.25) is 4.79 Å². The number of nitrogens with zero attached hydrogens (tertiary/aromatic N) is 2. The first-order valence-electron chi connectivity index (χ1n) is 9.15. The first-order chi connectivity index (χ1) is 11.7. The number of likely N-dealkylation sites (tertiary alicyclic amines) is 1. The molecular formula is C19H29N3O2. The number of carbonyl (C=O) groups is 1. The van der Waals surface area contributed by atoms with Crippen LogP contribution in [0.5, 0.6) is 0 Å². The molecule has 1 atom stereocenters. The number of amides is 1. The maximum Gasteiger partial charge on any atom is 0.251 e. The average molecular weight is 331 g/mol. The highest BCUT2D eigenvalue weighted by Crippen LogP contribution is 2.16. The van der Waals surface area contributed by atoms with E-state index < -0.39 is 0 Å². The quantitative estimate of drug-likeness (QED) is 0.866. The maximum atomic E-state index is 12.3. The Hall–Kier alpha value is -1.59. The zero-order valence-electron chi connectivity index (χ0n) is 14.7. The average Bonchev–Trinajstić information content (AvgIpc) is 3.13. The van der Waals surface area contributed by atoms with Crippen LogP contribution in [0.15, 0.2) is 24.3 Å². The fraction of sp³-hybridized carbons (Fsp3) is 0.632. The van der Waals surface area contributed by atoms with Crippen LogP contribution in [-0.4, -0.2) is 63.3 Å². The fourth-order valence-electron chi connectivity index (χ4n) is 3.48. The molecule has 5 nitrogen and oxygen atoms in total. The van der Waals surface area contributed by atoms with E-state index in [-0.39, 0.29) is 5.91 Å². The molecule has 2 aliphatic rings. The van der Waals surface area contributed by atoms with Crippen LogP contribution in [0.1, 0.15) is 30.1 Å². The Labute approximate surface area is 145 Å². The number of anilines is 1. The van der Waals surface area contributed by atoms with Gasteiger partial charge in [0.15, 0.2) is 0 Å². The van der Waals surface area contributed by atoms with Crippen molar-refractivity contribution in [2.24, 2.45) is 5.92 Å². The molecule has 132 valence electrons. The molecule has 1 aromatic carbocycles. The van der Waals surface area contributed by atoms with Crippen LogP contribution in [0.25, 0.3) is 0 Å². The Morgan fingerprint density at radius 2 is 1.79 bits per heavy atom. The smallest absolute Gasteiger partial charge is 0.251 e. The van der Waals surface area contributed by atoms with Crippen molar-refractivity contribution in [3.05, 3.63) is 29.8 Å². The predicted molar refractivity (Wildman–Crippen MR) is 96.6 cm³/mol. The molecule has 0 unspecified atom stereocenters. The van der Waals surface area contributed by atoms with Gasteiger partial charge in [-0.1, -0.05) is 6.92 Å². The summed E-state index contributed by atoms with van der Waals surface area (Å²) in [5, 5.41) is 3.07. The van der Waals surface area contributed by atoms with E-state index in [9.17, 15) is 4.79 Å². The lowest BCUT2D eigenvalue weighted by Crippen LogP contribution is -2.36. The van der Waals surface area contributed by atoms with Crippen LogP contribution in [0, 0.1) is 5.92 Å². The van der Waals surface area contributed by atoms with Crippen LogP contribution >= 0.6 is 0 Å². The highest BCUT2D eigenvalue weighted by atomic mass is 16.5. The van der Waals surface area contributed by atoms with E-state index in [1.807, 2.05) is 24.3 Å². The third-order valence-electron chi connectivity index (χ3n) is 4.89. The molecular weight excluding hydrogens is 302 g/mol. The van der Waals surface area contributed by atoms with Gasteiger partial charge >= 0.3 is 0 Å². The molecule has 1 amide bonds. The van der Waals surface area contributed by atoms with Crippen molar-refractivity contribution < 1.29 is 9.53 Å². The summed E-state index contributed by atoms with van der Waals surface area (Å²) in [5.41, 5.74) is 1.90. The number of rotatable bonds is 6. The Morgan fingerprint density at radius 3 is 2.46 bits per heavy atom. The molecule has 3 rings (SSSR count). The zero-order chi connectivity index (χ0) is 16.8. The van der Waals surface area contributed by atoms with Gasteiger partial charge < -0.3 is 19.9 Å². The minimum atomic E-state index is 0.0248. The molecule has 0 bridgehead atoms. The number of morpholine rings is 1. The van der Waals surface area contributed by atoms with Gasteiger partial charge in [0.05, 0.1) is 13.2 Å². The molecule has 0 spiro atoms. The summed E-state index contributed by atoms with van der Waals surface area (Å²) in [6.07, 6.45) is 2.63. The third kappa shape index (κ3) is 4.71. The zero-order valence-corrected chi connectivity index (χ0v) is 14.7. The standard InChI is InChI=1S/C19H29N3O2/c1-16(15-21-8-2-3-9-21)14-20-19(23)17-4-6-18(7-5-17)22-10-12-24-13-11-22/h4-7,16H,2-3,8-15H2,1H3,(H,20,23)/t16-/m1/s1. The van der Waals surface area contributed by atoms with Gasteiger partial charge in [-0.2, -0.15) is 0 Å². The van der Waals surface area contributed by atoms with Crippen molar-refractivity contribution in [1.82, 2.24) is 10.2 Å². The number of nitrogens with one attached hydrogen (secondary N) is 1. The molecule has 2 saturated heterocycles. The highest BCUT2D eigenvalue weighted by Gasteiger charge is 2.16. The van der Waals surface area contributed by atoms with Gasteiger partial charge in [-0.25, -0.2) is 0 Å². The van der Waals surface area contributed by atoms with Gasteiger partial charge in [0.25, 0.3) is 5.91 Å². The van der Waals surface area contributed by atoms with Crippen molar-refractivity contribution in [3.63, 3.8) is 0 Å². The Bertz CT molecular complexity index is 520. The number of carbonyl (C=O) groups excluding carboxylic acids is 1. The first-order valence-corrected chi connectivity index (χ1v) is 9.15. The Morgan fingerprint density at radius 1 is 1.12 bits per heavy atom. The Balaban J connectivity index is 1.45. The van der Waals surface area contributed by atoms with Crippen LogP contribution < -0.4 is 10.2 Å². The molecule has 2 heterocycles. The minimum absolute atomic E-state index is 0.0248. The van der Waals surface area contributed by atoms with Gasteiger partial charge in [0.2, 0.25) is 0 Å². The summed E-state index contributed by atoms with van der Waals surface area (Å²) < 4.78 is 5.38. The van der Waals surface area contributed by atoms with Crippen molar-refractivity contribution >= 4 is 11.6 Å². The molecule has 2 fully saturated rings. The molecule has 2 aliphatic heterocycles. The summed E-state index contributed by atoms with van der Waals surface area (Å²) in [7, 11) is 0. The van der Waals surface area contributed by atoms with E-state index in [1.54, 1.807) is 0 Å². The molecule has 24 heavy (non-hydrogen) atoms. The summed E-state index contributed by atoms with van der Waals surface area (Å²) in [6, 6.07) is 7.91. The second-order valence-electron chi connectivity index (χ2n) is 6.97. The summed E-state index contributed by atoms with van der Waals surface area (Å²) in [4.78, 5) is 17.1. The summed E-state index contributed by atoms with van der Waals surface area (Å²) in [5.74, 6) is 0.511. The van der Waals surface area contributed by atoms with Crippen LogP contribution in [0.2, 0.25) is 0 Å². The van der Waals surface area contributed by atoms with Crippen molar-refractivity contribution in [2.75, 3.05) is 57.4 Å². The Kier molecular flexibility index (Phi) is 6.10. The molecule has 1 aromatic rings.